The highest BCUT2D eigenvalue weighted by Crippen LogP contribution is 2.22. The summed E-state index contributed by atoms with van der Waals surface area (Å²) in [5, 5.41) is 9.65. The second kappa shape index (κ2) is 15.5. The second-order valence-electron chi connectivity index (χ2n) is 9.77. The molecular weight excluding hydrogens is 470 g/mol. The average Bonchev–Trinajstić information content (AvgIpc) is 2.93. The van der Waals surface area contributed by atoms with Crippen molar-refractivity contribution >= 4 is 11.8 Å². The molecule has 3 rings (SSSR count). The minimum Gasteiger partial charge on any atom is -0.481 e. The molecule has 1 unspecified atom stereocenters. The van der Waals surface area contributed by atoms with Gasteiger partial charge in [0.1, 0.15) is 0 Å². The first kappa shape index (κ1) is 28.9. The van der Waals surface area contributed by atoms with Crippen molar-refractivity contribution in [2.45, 2.75) is 52.4 Å². The lowest BCUT2D eigenvalue weighted by atomic mass is 9.92. The quantitative estimate of drug-likeness (QED) is 0.186. The van der Waals surface area contributed by atoms with Crippen molar-refractivity contribution in [2.24, 2.45) is 5.92 Å². The molecule has 4 heteroatoms. The van der Waals surface area contributed by atoms with Crippen molar-refractivity contribution in [3.05, 3.63) is 95.6 Å². The Balaban J connectivity index is 1.55. The van der Waals surface area contributed by atoms with Crippen LogP contribution in [-0.4, -0.2) is 41.4 Å². The summed E-state index contributed by atoms with van der Waals surface area (Å²) in [5.74, 6) is 4.84. The minimum atomic E-state index is -0.908. The number of aliphatic carboxylic acids is 1. The van der Waals surface area contributed by atoms with E-state index in [0.29, 0.717) is 12.0 Å². The van der Waals surface area contributed by atoms with E-state index < -0.39 is 11.9 Å². The molecule has 3 aromatic rings. The van der Waals surface area contributed by atoms with Gasteiger partial charge in [-0.1, -0.05) is 92.4 Å². The highest BCUT2D eigenvalue weighted by molar-refractivity contribution is 5.98. The fourth-order valence-electron chi connectivity index (χ4n) is 4.60. The lowest BCUT2D eigenvalue weighted by Crippen LogP contribution is -2.25. The van der Waals surface area contributed by atoms with Gasteiger partial charge in [-0.25, -0.2) is 0 Å². The molecule has 0 saturated heterocycles. The van der Waals surface area contributed by atoms with Gasteiger partial charge in [-0.3, -0.25) is 14.5 Å². The molecule has 0 aliphatic carbocycles. The van der Waals surface area contributed by atoms with E-state index >= 15 is 0 Å². The van der Waals surface area contributed by atoms with Crippen molar-refractivity contribution < 1.29 is 14.7 Å². The summed E-state index contributed by atoms with van der Waals surface area (Å²) in [7, 11) is 0. The van der Waals surface area contributed by atoms with Gasteiger partial charge in [-0.15, -0.1) is 0 Å². The zero-order valence-corrected chi connectivity index (χ0v) is 22.7. The molecule has 4 nitrogen and oxygen atoms in total. The fourth-order valence-corrected chi connectivity index (χ4v) is 4.60. The Morgan fingerprint density at radius 2 is 1.45 bits per heavy atom. The molecule has 0 spiro atoms. The number of aryl methyl sites for hydroxylation is 1. The third kappa shape index (κ3) is 9.32. The molecular formula is C34H39NO3. The van der Waals surface area contributed by atoms with Crippen molar-refractivity contribution in [3.63, 3.8) is 0 Å². The van der Waals surface area contributed by atoms with Gasteiger partial charge in [-0.05, 0) is 74.0 Å². The molecule has 3 aromatic carbocycles. The van der Waals surface area contributed by atoms with E-state index in [1.165, 1.54) is 5.56 Å². The number of rotatable bonds is 14. The average molecular weight is 510 g/mol. The molecule has 0 aliphatic rings. The van der Waals surface area contributed by atoms with Crippen LogP contribution in [0.5, 0.6) is 0 Å². The van der Waals surface area contributed by atoms with Crippen LogP contribution < -0.4 is 0 Å². The molecule has 0 radical (unpaired) electrons. The van der Waals surface area contributed by atoms with Gasteiger partial charge in [0.2, 0.25) is 0 Å². The third-order valence-electron chi connectivity index (χ3n) is 6.68. The molecule has 0 fully saturated rings. The molecule has 0 aromatic heterocycles. The lowest BCUT2D eigenvalue weighted by Gasteiger charge is -2.17. The van der Waals surface area contributed by atoms with Crippen LogP contribution in [0.1, 0.15) is 67.4 Å². The predicted molar refractivity (Wildman–Crippen MR) is 155 cm³/mol. The second-order valence-corrected chi connectivity index (χ2v) is 9.77. The van der Waals surface area contributed by atoms with Crippen LogP contribution in [0.2, 0.25) is 0 Å². The molecule has 1 atom stereocenters. The zero-order chi connectivity index (χ0) is 27.2. The highest BCUT2D eigenvalue weighted by atomic mass is 16.4. The highest BCUT2D eigenvalue weighted by Gasteiger charge is 2.21. The van der Waals surface area contributed by atoms with Crippen LogP contribution in [0.25, 0.3) is 11.1 Å². The molecule has 0 amide bonds. The minimum absolute atomic E-state index is 0.0186. The topological polar surface area (TPSA) is 57.6 Å². The van der Waals surface area contributed by atoms with E-state index in [2.05, 4.69) is 30.6 Å². The number of hydrogen-bond donors (Lipinski definition) is 1. The Kier molecular flexibility index (Phi) is 11.8. The van der Waals surface area contributed by atoms with E-state index in [1.54, 1.807) is 12.1 Å². The van der Waals surface area contributed by atoms with Gasteiger partial charge in [0, 0.05) is 17.5 Å². The number of carbonyl (C=O) groups excluding carboxylic acids is 1. The smallest absolute Gasteiger partial charge is 0.306 e. The normalized spacial score (nSPS) is 11.6. The van der Waals surface area contributed by atoms with Crippen LogP contribution in [0.3, 0.4) is 0 Å². The predicted octanol–water partition coefficient (Wildman–Crippen LogP) is 7.12. The van der Waals surface area contributed by atoms with Crippen LogP contribution >= 0.6 is 0 Å². The number of carboxylic acid groups (broad SMARTS) is 1. The Hall–Kier alpha value is -3.68. The lowest BCUT2D eigenvalue weighted by molar-refractivity contribution is -0.141. The largest absolute Gasteiger partial charge is 0.481 e. The van der Waals surface area contributed by atoms with Crippen LogP contribution in [-0.2, 0) is 11.2 Å². The van der Waals surface area contributed by atoms with Gasteiger partial charge in [0.25, 0.3) is 0 Å². The van der Waals surface area contributed by atoms with Crippen LogP contribution in [0.4, 0.5) is 0 Å². The maximum Gasteiger partial charge on any atom is 0.306 e. The molecule has 0 saturated carbocycles. The van der Waals surface area contributed by atoms with Gasteiger partial charge >= 0.3 is 5.97 Å². The van der Waals surface area contributed by atoms with E-state index in [0.717, 1.165) is 62.0 Å². The first-order chi connectivity index (χ1) is 18.5. The SMILES string of the molecule is CCCN(CC#Cc1ccc(-c2ccc(C(=O)CC(CCCc3ccccc3)C(=O)O)cc2)cc1)CCC. The van der Waals surface area contributed by atoms with Gasteiger partial charge in [-0.2, -0.15) is 0 Å². The van der Waals surface area contributed by atoms with E-state index in [-0.39, 0.29) is 12.2 Å². The van der Waals surface area contributed by atoms with Crippen molar-refractivity contribution in [1.29, 1.82) is 0 Å². The molecule has 198 valence electrons. The summed E-state index contributed by atoms with van der Waals surface area (Å²) in [6.45, 7) is 7.32. The van der Waals surface area contributed by atoms with Gasteiger partial charge < -0.3 is 5.11 Å². The summed E-state index contributed by atoms with van der Waals surface area (Å²) >= 11 is 0. The molecule has 0 bridgehead atoms. The van der Waals surface area contributed by atoms with Gasteiger partial charge in [0.05, 0.1) is 12.5 Å². The van der Waals surface area contributed by atoms with E-state index in [4.69, 9.17) is 0 Å². The van der Waals surface area contributed by atoms with E-state index in [9.17, 15) is 14.7 Å². The summed E-state index contributed by atoms with van der Waals surface area (Å²) in [6.07, 6.45) is 4.33. The number of carboxylic acids is 1. The Morgan fingerprint density at radius 3 is 2.03 bits per heavy atom. The fraction of sp³-hybridized carbons (Fsp3) is 0.353. The van der Waals surface area contributed by atoms with E-state index in [1.807, 2.05) is 66.7 Å². The van der Waals surface area contributed by atoms with Crippen LogP contribution in [0, 0.1) is 17.8 Å². The number of nitrogens with zero attached hydrogens (tertiary/aromatic N) is 1. The maximum absolute atomic E-state index is 12.8. The van der Waals surface area contributed by atoms with Crippen LogP contribution in [0.15, 0.2) is 78.9 Å². The van der Waals surface area contributed by atoms with Crippen molar-refractivity contribution in [1.82, 2.24) is 4.90 Å². The van der Waals surface area contributed by atoms with Crippen molar-refractivity contribution in [2.75, 3.05) is 19.6 Å². The zero-order valence-electron chi connectivity index (χ0n) is 22.7. The standard InChI is InChI=1S/C34H39NO3/c1-3-23-35(24-4-2)25-9-13-28-15-17-29(18-16-28)30-19-21-31(22-20-30)33(36)26-32(34(37)38)14-8-12-27-10-6-5-7-11-27/h5-7,10-11,15-22,32H,3-4,8,12,14,23-26H2,1-2H3,(H,37,38). The number of benzene rings is 3. The molecule has 0 heterocycles. The summed E-state index contributed by atoms with van der Waals surface area (Å²) in [4.78, 5) is 27.0. The monoisotopic (exact) mass is 509 g/mol. The summed E-state index contributed by atoms with van der Waals surface area (Å²) in [6, 6.07) is 25.6. The maximum atomic E-state index is 12.8. The molecule has 0 aliphatic heterocycles. The first-order valence-corrected chi connectivity index (χ1v) is 13.7. The molecule has 1 N–H and O–H groups in total. The summed E-state index contributed by atoms with van der Waals surface area (Å²) in [5.41, 5.74) is 4.78. The first-order valence-electron chi connectivity index (χ1n) is 13.7. The Labute approximate surface area is 227 Å². The number of ketones is 1. The summed E-state index contributed by atoms with van der Waals surface area (Å²) < 4.78 is 0. The molecule has 38 heavy (non-hydrogen) atoms. The Morgan fingerprint density at radius 1 is 0.842 bits per heavy atom. The number of Topliss-reactive ketones (excluding diaryl/α,β-unsaturated/α-hetero) is 1. The Bertz CT molecular complexity index is 1200. The number of hydrogen-bond acceptors (Lipinski definition) is 3. The van der Waals surface area contributed by atoms with Gasteiger partial charge in [0.15, 0.2) is 5.78 Å². The van der Waals surface area contributed by atoms with Crippen molar-refractivity contribution in [3.8, 4) is 23.0 Å². The third-order valence-corrected chi connectivity index (χ3v) is 6.68. The number of carbonyl (C=O) groups is 2.